The molecule has 6 rings (SSSR count). The number of hydrogen-bond acceptors (Lipinski definition) is 5. The van der Waals surface area contributed by atoms with Gasteiger partial charge >= 0.3 is 6.03 Å². The fourth-order valence-electron chi connectivity index (χ4n) is 5.76. The number of aryl methyl sites for hydroxylation is 1. The summed E-state index contributed by atoms with van der Waals surface area (Å²) in [6.45, 7) is 3.11. The molecule has 1 unspecified atom stereocenters. The van der Waals surface area contributed by atoms with Crippen molar-refractivity contribution in [2.45, 2.75) is 45.2 Å². The Morgan fingerprint density at radius 2 is 1.79 bits per heavy atom. The summed E-state index contributed by atoms with van der Waals surface area (Å²) in [4.78, 5) is 17.6. The second-order valence-corrected chi connectivity index (χ2v) is 10.9. The van der Waals surface area contributed by atoms with Crippen LogP contribution in [0.3, 0.4) is 0 Å². The van der Waals surface area contributed by atoms with Crippen molar-refractivity contribution in [3.63, 3.8) is 0 Å². The summed E-state index contributed by atoms with van der Waals surface area (Å²) in [6.07, 6.45) is 6.73. The van der Waals surface area contributed by atoms with Crippen LogP contribution in [-0.4, -0.2) is 36.3 Å². The highest BCUT2D eigenvalue weighted by atomic mass is 32.1. The first-order valence-corrected chi connectivity index (χ1v) is 14.3. The molecule has 0 bridgehead atoms. The molecule has 0 spiro atoms. The molecule has 0 saturated carbocycles. The van der Waals surface area contributed by atoms with E-state index in [1.807, 2.05) is 41.4 Å². The number of carbonyl (C=O) groups is 1. The molecule has 7 nitrogen and oxygen atoms in total. The predicted octanol–water partition coefficient (Wildman–Crippen LogP) is 6.97. The Morgan fingerprint density at radius 3 is 2.56 bits per heavy atom. The number of methoxy groups -OCH3 is 2. The van der Waals surface area contributed by atoms with Gasteiger partial charge in [-0.1, -0.05) is 12.1 Å². The number of urea groups is 1. The van der Waals surface area contributed by atoms with Crippen molar-refractivity contribution in [1.82, 2.24) is 9.47 Å². The van der Waals surface area contributed by atoms with E-state index in [-0.39, 0.29) is 12.1 Å². The SMILES string of the molecule is CCOc1ccc(C2c3cccn3-c3sc4c(c3CN2C(=O)Nc2ccc(OC)c(OC)c2)CCCC4)cc1. The second kappa shape index (κ2) is 10.7. The summed E-state index contributed by atoms with van der Waals surface area (Å²) in [5.74, 6) is 2.00. The number of thiophene rings is 1. The van der Waals surface area contributed by atoms with Gasteiger partial charge in [0.2, 0.25) is 0 Å². The molecule has 0 fully saturated rings. The minimum Gasteiger partial charge on any atom is -0.494 e. The van der Waals surface area contributed by atoms with Crippen LogP contribution >= 0.6 is 11.3 Å². The fraction of sp³-hybridized carbons (Fsp3) is 0.323. The molecule has 0 saturated heterocycles. The number of aromatic nitrogens is 1. The molecular formula is C31H33N3O4S. The molecule has 202 valence electrons. The van der Waals surface area contributed by atoms with Gasteiger partial charge in [0.1, 0.15) is 10.8 Å². The molecule has 39 heavy (non-hydrogen) atoms. The van der Waals surface area contributed by atoms with Crippen LogP contribution < -0.4 is 19.5 Å². The van der Waals surface area contributed by atoms with Crippen LogP contribution in [0.15, 0.2) is 60.8 Å². The number of nitrogens with zero attached hydrogens (tertiary/aromatic N) is 2. The fourth-order valence-corrected chi connectivity index (χ4v) is 7.16. The monoisotopic (exact) mass is 543 g/mol. The van der Waals surface area contributed by atoms with Crippen LogP contribution in [0.4, 0.5) is 10.5 Å². The van der Waals surface area contributed by atoms with Crippen molar-refractivity contribution < 1.29 is 19.0 Å². The van der Waals surface area contributed by atoms with Gasteiger partial charge in [0, 0.05) is 28.4 Å². The first-order valence-electron chi connectivity index (χ1n) is 13.4. The molecule has 2 amide bonds. The molecule has 1 aliphatic heterocycles. The first kappa shape index (κ1) is 25.4. The molecule has 0 radical (unpaired) electrons. The van der Waals surface area contributed by atoms with Crippen molar-refractivity contribution in [2.75, 3.05) is 26.1 Å². The first-order chi connectivity index (χ1) is 19.1. The highest BCUT2D eigenvalue weighted by Gasteiger charge is 2.36. The lowest BCUT2D eigenvalue weighted by Gasteiger charge is -2.31. The van der Waals surface area contributed by atoms with Crippen LogP contribution in [0.1, 0.15) is 53.1 Å². The smallest absolute Gasteiger partial charge is 0.322 e. The Balaban J connectivity index is 1.44. The molecule has 2 aromatic heterocycles. The second-order valence-electron chi connectivity index (χ2n) is 9.83. The maximum absolute atomic E-state index is 14.2. The Kier molecular flexibility index (Phi) is 6.95. The van der Waals surface area contributed by atoms with E-state index >= 15 is 0 Å². The quantitative estimate of drug-likeness (QED) is 0.285. The largest absolute Gasteiger partial charge is 0.494 e. The van der Waals surface area contributed by atoms with Crippen molar-refractivity contribution >= 4 is 23.1 Å². The Morgan fingerprint density at radius 1 is 1.00 bits per heavy atom. The molecule has 3 heterocycles. The lowest BCUT2D eigenvalue weighted by Crippen LogP contribution is -2.38. The average molecular weight is 544 g/mol. The zero-order valence-corrected chi connectivity index (χ0v) is 23.3. The van der Waals surface area contributed by atoms with Gasteiger partial charge in [-0.05, 0) is 80.1 Å². The lowest BCUT2D eigenvalue weighted by molar-refractivity contribution is 0.194. The van der Waals surface area contributed by atoms with Gasteiger partial charge in [-0.25, -0.2) is 4.79 Å². The number of carbonyl (C=O) groups excluding carboxylic acids is 1. The summed E-state index contributed by atoms with van der Waals surface area (Å²) in [6, 6.07) is 17.3. The average Bonchev–Trinajstić information content (AvgIpc) is 3.55. The highest BCUT2D eigenvalue weighted by molar-refractivity contribution is 7.15. The van der Waals surface area contributed by atoms with Gasteiger partial charge in [0.25, 0.3) is 0 Å². The Bertz CT molecular complexity index is 1490. The maximum atomic E-state index is 14.2. The van der Waals surface area contributed by atoms with Gasteiger partial charge < -0.3 is 29.0 Å². The normalized spacial score (nSPS) is 16.0. The third-order valence-corrected chi connectivity index (χ3v) is 8.91. The molecule has 2 aromatic carbocycles. The Hall–Kier alpha value is -3.91. The van der Waals surface area contributed by atoms with Gasteiger partial charge in [0.15, 0.2) is 11.5 Å². The van der Waals surface area contributed by atoms with E-state index in [0.29, 0.717) is 30.3 Å². The van der Waals surface area contributed by atoms with Crippen LogP contribution in [0.25, 0.3) is 5.00 Å². The number of ether oxygens (including phenoxy) is 3. The zero-order valence-electron chi connectivity index (χ0n) is 22.5. The highest BCUT2D eigenvalue weighted by Crippen LogP contribution is 2.44. The number of hydrogen-bond donors (Lipinski definition) is 1. The molecular weight excluding hydrogens is 510 g/mol. The topological polar surface area (TPSA) is 65.0 Å². The van der Waals surface area contributed by atoms with Crippen LogP contribution in [0, 0.1) is 0 Å². The molecule has 1 aliphatic carbocycles. The standard InChI is InChI=1S/C31H33N3O4S/c1-4-38-22-14-11-20(12-15-22)29-25-9-7-17-33(25)30-24(23-8-5-6-10-28(23)39-30)19-34(29)31(35)32-21-13-16-26(36-2)27(18-21)37-3/h7,9,11-18,29H,4-6,8,10,19H2,1-3H3,(H,32,35). The minimum atomic E-state index is -0.283. The van der Waals surface area contributed by atoms with E-state index < -0.39 is 0 Å². The number of nitrogens with one attached hydrogen (secondary N) is 1. The van der Waals surface area contributed by atoms with E-state index in [9.17, 15) is 4.79 Å². The molecule has 2 aliphatic rings. The van der Waals surface area contributed by atoms with Crippen molar-refractivity contribution in [2.24, 2.45) is 0 Å². The molecule has 1 N–H and O–H groups in total. The predicted molar refractivity (Wildman–Crippen MR) is 154 cm³/mol. The summed E-state index contributed by atoms with van der Waals surface area (Å²) in [5, 5.41) is 4.38. The van der Waals surface area contributed by atoms with Gasteiger partial charge in [-0.3, -0.25) is 0 Å². The molecule has 1 atom stereocenters. The lowest BCUT2D eigenvalue weighted by atomic mass is 9.95. The number of benzene rings is 2. The molecule has 8 heteroatoms. The summed E-state index contributed by atoms with van der Waals surface area (Å²) in [5.41, 5.74) is 5.44. The van der Waals surface area contributed by atoms with Gasteiger partial charge in [-0.2, -0.15) is 0 Å². The number of rotatable bonds is 6. The maximum Gasteiger partial charge on any atom is 0.322 e. The van der Waals surface area contributed by atoms with E-state index in [1.165, 1.54) is 33.8 Å². The molecule has 4 aromatic rings. The third-order valence-electron chi connectivity index (χ3n) is 7.58. The number of amides is 2. The van der Waals surface area contributed by atoms with Crippen LogP contribution in [-0.2, 0) is 19.4 Å². The van der Waals surface area contributed by atoms with Gasteiger partial charge in [0.05, 0.1) is 39.1 Å². The summed E-state index contributed by atoms with van der Waals surface area (Å²) < 4.78 is 18.9. The zero-order chi connectivity index (χ0) is 26.9. The van der Waals surface area contributed by atoms with E-state index in [0.717, 1.165) is 29.8 Å². The van der Waals surface area contributed by atoms with Crippen molar-refractivity contribution in [3.8, 4) is 22.2 Å². The number of anilines is 1. The summed E-state index contributed by atoms with van der Waals surface area (Å²) in [7, 11) is 3.19. The van der Waals surface area contributed by atoms with Crippen molar-refractivity contribution in [3.05, 3.63) is 88.1 Å². The third kappa shape index (κ3) is 4.63. The number of fused-ring (bicyclic) bond motifs is 5. The van der Waals surface area contributed by atoms with E-state index in [2.05, 4.69) is 40.3 Å². The minimum absolute atomic E-state index is 0.169. The Labute approximate surface area is 232 Å². The van der Waals surface area contributed by atoms with Crippen LogP contribution in [0.2, 0.25) is 0 Å². The van der Waals surface area contributed by atoms with Crippen molar-refractivity contribution in [1.29, 1.82) is 0 Å². The van der Waals surface area contributed by atoms with Gasteiger partial charge in [-0.15, -0.1) is 11.3 Å². The van der Waals surface area contributed by atoms with E-state index in [1.54, 1.807) is 26.4 Å². The summed E-state index contributed by atoms with van der Waals surface area (Å²) >= 11 is 1.89. The van der Waals surface area contributed by atoms with Crippen LogP contribution in [0.5, 0.6) is 17.2 Å². The van der Waals surface area contributed by atoms with E-state index in [4.69, 9.17) is 14.2 Å².